The fourth-order valence-electron chi connectivity index (χ4n) is 2.38. The van der Waals surface area contributed by atoms with Crippen molar-refractivity contribution in [1.82, 2.24) is 0 Å². The number of nitrogens with one attached hydrogen (secondary N) is 1. The highest BCUT2D eigenvalue weighted by atomic mass is 35.5. The summed E-state index contributed by atoms with van der Waals surface area (Å²) in [7, 11) is -3.97. The number of primary amides is 1. The number of halogens is 2. The summed E-state index contributed by atoms with van der Waals surface area (Å²) in [6, 6.07) is 10.9. The Morgan fingerprint density at radius 2 is 1.78 bits per heavy atom. The lowest BCUT2D eigenvalue weighted by molar-refractivity contribution is -0.113. The molecular weight excluding hydrogens is 359 g/mol. The molecule has 3 rings (SSSR count). The zero-order valence-corrected chi connectivity index (χ0v) is 13.8. The molecule has 0 spiro atoms. The molecule has 8 heteroatoms. The van der Waals surface area contributed by atoms with Crippen LogP contribution in [0, 0.1) is 0 Å². The number of benzene rings is 2. The molecule has 23 heavy (non-hydrogen) atoms. The van der Waals surface area contributed by atoms with Crippen LogP contribution in [0.4, 0.5) is 5.69 Å². The summed E-state index contributed by atoms with van der Waals surface area (Å²) in [5.74, 6) is -1.04. The average molecular weight is 369 g/mol. The van der Waals surface area contributed by atoms with Gasteiger partial charge in [0.15, 0.2) is 4.91 Å². The number of anilines is 1. The van der Waals surface area contributed by atoms with Crippen molar-refractivity contribution in [2.45, 2.75) is 4.90 Å². The van der Waals surface area contributed by atoms with E-state index in [0.717, 1.165) is 0 Å². The molecule has 0 saturated carbocycles. The number of hydrogen-bond donors (Lipinski definition) is 2. The van der Waals surface area contributed by atoms with Crippen LogP contribution < -0.4 is 11.1 Å². The van der Waals surface area contributed by atoms with E-state index >= 15 is 0 Å². The van der Waals surface area contributed by atoms with Gasteiger partial charge in [-0.25, -0.2) is 8.42 Å². The van der Waals surface area contributed by atoms with Crippen molar-refractivity contribution in [3.63, 3.8) is 0 Å². The Labute approximate surface area is 142 Å². The minimum atomic E-state index is -3.97. The van der Waals surface area contributed by atoms with Gasteiger partial charge < -0.3 is 11.1 Å². The number of nitrogens with two attached hydrogens (primary N) is 1. The summed E-state index contributed by atoms with van der Waals surface area (Å²) in [6.07, 6.45) is 0. The second kappa shape index (κ2) is 5.56. The Bertz CT molecular complexity index is 968. The monoisotopic (exact) mass is 368 g/mol. The third-order valence-corrected chi connectivity index (χ3v) is 5.80. The molecule has 1 heterocycles. The smallest absolute Gasteiger partial charge is 0.262 e. The van der Waals surface area contributed by atoms with Crippen molar-refractivity contribution >= 4 is 50.3 Å². The van der Waals surface area contributed by atoms with E-state index in [1.807, 2.05) is 0 Å². The van der Waals surface area contributed by atoms with Crippen LogP contribution in [0.25, 0.3) is 5.70 Å². The summed E-state index contributed by atoms with van der Waals surface area (Å²) in [5.41, 5.74) is 6.12. The molecule has 3 N–H and O–H groups in total. The van der Waals surface area contributed by atoms with Gasteiger partial charge in [0, 0.05) is 10.6 Å². The first-order valence-corrected chi connectivity index (χ1v) is 8.67. The maximum absolute atomic E-state index is 12.5. The zero-order valence-electron chi connectivity index (χ0n) is 11.5. The lowest BCUT2D eigenvalue weighted by Gasteiger charge is -2.11. The standard InChI is InChI=1S/C15H10Cl2N2O3S/c16-8-5-6-10(17)11(7-8)19-13-9-3-1-2-4-12(9)23(21,22)14(13)15(18)20/h1-7,19H,(H2,18,20). The van der Waals surface area contributed by atoms with Crippen LogP contribution in [-0.4, -0.2) is 14.3 Å². The van der Waals surface area contributed by atoms with Gasteiger partial charge in [0.25, 0.3) is 5.91 Å². The van der Waals surface area contributed by atoms with E-state index in [1.165, 1.54) is 12.1 Å². The van der Waals surface area contributed by atoms with Crippen molar-refractivity contribution in [1.29, 1.82) is 0 Å². The predicted octanol–water partition coefficient (Wildman–Crippen LogP) is 3.05. The number of fused-ring (bicyclic) bond motifs is 1. The molecule has 1 amide bonds. The topological polar surface area (TPSA) is 89.3 Å². The number of hydrogen-bond acceptors (Lipinski definition) is 4. The first-order valence-electron chi connectivity index (χ1n) is 6.43. The normalized spacial score (nSPS) is 15.4. The Hall–Kier alpha value is -2.02. The van der Waals surface area contributed by atoms with E-state index in [4.69, 9.17) is 28.9 Å². The van der Waals surface area contributed by atoms with E-state index in [0.29, 0.717) is 21.3 Å². The third kappa shape index (κ3) is 2.59. The quantitative estimate of drug-likeness (QED) is 0.870. The second-order valence-electron chi connectivity index (χ2n) is 4.82. The van der Waals surface area contributed by atoms with Gasteiger partial charge in [0.05, 0.1) is 21.3 Å². The van der Waals surface area contributed by atoms with Gasteiger partial charge in [-0.2, -0.15) is 0 Å². The van der Waals surface area contributed by atoms with Crippen molar-refractivity contribution in [3.8, 4) is 0 Å². The highest BCUT2D eigenvalue weighted by Gasteiger charge is 2.39. The molecule has 0 unspecified atom stereocenters. The average Bonchev–Trinajstić information content (AvgIpc) is 2.71. The number of rotatable bonds is 3. The molecule has 1 aliphatic rings. The fraction of sp³-hybridized carbons (Fsp3) is 0. The van der Waals surface area contributed by atoms with E-state index in [1.54, 1.807) is 30.3 Å². The second-order valence-corrected chi connectivity index (χ2v) is 7.52. The number of amides is 1. The van der Waals surface area contributed by atoms with Crippen LogP contribution in [0.5, 0.6) is 0 Å². The van der Waals surface area contributed by atoms with Crippen molar-refractivity contribution in [3.05, 3.63) is 63.0 Å². The number of sulfone groups is 1. The SMILES string of the molecule is NC(=O)C1=C(Nc2cc(Cl)ccc2Cl)c2ccccc2S1(=O)=O. The molecule has 1 aliphatic heterocycles. The fourth-order valence-corrected chi connectivity index (χ4v) is 4.35. The van der Waals surface area contributed by atoms with Crippen LogP contribution in [0.15, 0.2) is 52.3 Å². The van der Waals surface area contributed by atoms with Gasteiger partial charge in [-0.05, 0) is 24.3 Å². The molecule has 0 bridgehead atoms. The molecule has 0 radical (unpaired) electrons. The Balaban J connectivity index is 2.24. The summed E-state index contributed by atoms with van der Waals surface area (Å²) in [6.45, 7) is 0. The van der Waals surface area contributed by atoms with Crippen LogP contribution >= 0.6 is 23.2 Å². The minimum Gasteiger partial charge on any atom is -0.365 e. The molecule has 2 aromatic rings. The third-order valence-electron chi connectivity index (χ3n) is 3.35. The van der Waals surface area contributed by atoms with Crippen LogP contribution in [0.1, 0.15) is 5.56 Å². The van der Waals surface area contributed by atoms with E-state index in [9.17, 15) is 13.2 Å². The molecule has 0 aliphatic carbocycles. The maximum Gasteiger partial charge on any atom is 0.262 e. The van der Waals surface area contributed by atoms with E-state index < -0.39 is 20.6 Å². The Morgan fingerprint density at radius 1 is 1.09 bits per heavy atom. The van der Waals surface area contributed by atoms with Crippen LogP contribution in [0.2, 0.25) is 10.0 Å². The number of carbonyl (C=O) groups excluding carboxylic acids is 1. The van der Waals surface area contributed by atoms with Crippen molar-refractivity contribution in [2.24, 2.45) is 5.73 Å². The van der Waals surface area contributed by atoms with Crippen molar-refractivity contribution < 1.29 is 13.2 Å². The summed E-state index contributed by atoms with van der Waals surface area (Å²) in [5, 5.41) is 3.61. The predicted molar refractivity (Wildman–Crippen MR) is 89.8 cm³/mol. The molecule has 0 atom stereocenters. The first kappa shape index (κ1) is 15.9. The van der Waals surface area contributed by atoms with Gasteiger partial charge in [-0.1, -0.05) is 41.4 Å². The van der Waals surface area contributed by atoms with E-state index in [2.05, 4.69) is 5.32 Å². The lowest BCUT2D eigenvalue weighted by atomic mass is 10.1. The van der Waals surface area contributed by atoms with Gasteiger partial charge in [-0.3, -0.25) is 4.79 Å². The molecule has 0 saturated heterocycles. The van der Waals surface area contributed by atoms with Crippen molar-refractivity contribution in [2.75, 3.05) is 5.32 Å². The van der Waals surface area contributed by atoms with Gasteiger partial charge in [0.2, 0.25) is 9.84 Å². The summed E-state index contributed by atoms with van der Waals surface area (Å²) >= 11 is 12.0. The lowest BCUT2D eigenvalue weighted by Crippen LogP contribution is -2.20. The van der Waals surface area contributed by atoms with Crippen LogP contribution in [-0.2, 0) is 14.6 Å². The Morgan fingerprint density at radius 3 is 2.48 bits per heavy atom. The summed E-state index contributed by atoms with van der Waals surface area (Å²) < 4.78 is 25.0. The van der Waals surface area contributed by atoms with Gasteiger partial charge in [-0.15, -0.1) is 0 Å². The van der Waals surface area contributed by atoms with Gasteiger partial charge in [0.1, 0.15) is 0 Å². The highest BCUT2D eigenvalue weighted by Crippen LogP contribution is 2.40. The van der Waals surface area contributed by atoms with Crippen LogP contribution in [0.3, 0.4) is 0 Å². The number of carbonyl (C=O) groups is 1. The van der Waals surface area contributed by atoms with Gasteiger partial charge >= 0.3 is 0 Å². The molecular formula is C15H10Cl2N2O3S. The zero-order chi connectivity index (χ0) is 16.8. The minimum absolute atomic E-state index is 0.0226. The summed E-state index contributed by atoms with van der Waals surface area (Å²) in [4.78, 5) is 11.3. The molecule has 118 valence electrons. The largest absolute Gasteiger partial charge is 0.365 e. The maximum atomic E-state index is 12.5. The molecule has 2 aromatic carbocycles. The first-order chi connectivity index (χ1) is 10.8. The Kier molecular flexibility index (Phi) is 3.83. The highest BCUT2D eigenvalue weighted by molar-refractivity contribution is 7.97. The molecule has 0 fully saturated rings. The van der Waals surface area contributed by atoms with E-state index in [-0.39, 0.29) is 10.6 Å². The molecule has 0 aromatic heterocycles. The molecule has 5 nitrogen and oxygen atoms in total.